The van der Waals surface area contributed by atoms with Gasteiger partial charge in [-0.25, -0.2) is 0 Å². The number of nitrogens with one attached hydrogen (secondary N) is 1. The van der Waals surface area contributed by atoms with Gasteiger partial charge in [-0.05, 0) is 60.9 Å². The van der Waals surface area contributed by atoms with Crippen LogP contribution in [0.25, 0.3) is 0 Å². The summed E-state index contributed by atoms with van der Waals surface area (Å²) in [7, 11) is 3.08. The predicted octanol–water partition coefficient (Wildman–Crippen LogP) is 5.36. The Balaban J connectivity index is 2.01. The van der Waals surface area contributed by atoms with Crippen molar-refractivity contribution < 1.29 is 19.1 Å². The topological polar surface area (TPSA) is 67.9 Å². The molecule has 3 rings (SSSR count). The molecule has 2 aromatic rings. The normalized spacial score (nSPS) is 18.6. The summed E-state index contributed by atoms with van der Waals surface area (Å²) in [5, 5.41) is 3.70. The summed E-state index contributed by atoms with van der Waals surface area (Å²) in [5.41, 5.74) is 1.33. The summed E-state index contributed by atoms with van der Waals surface area (Å²) >= 11 is 12.4. The van der Waals surface area contributed by atoms with Crippen molar-refractivity contribution in [2.75, 3.05) is 20.1 Å². The first-order chi connectivity index (χ1) is 16.4. The van der Waals surface area contributed by atoms with E-state index in [9.17, 15) is 9.59 Å². The van der Waals surface area contributed by atoms with Crippen molar-refractivity contribution in [2.45, 2.75) is 51.2 Å². The second-order valence-electron chi connectivity index (χ2n) is 8.73. The van der Waals surface area contributed by atoms with Gasteiger partial charge < -0.3 is 19.7 Å². The minimum Gasteiger partial charge on any atom is -0.493 e. The molecule has 1 aliphatic rings. The van der Waals surface area contributed by atoms with Crippen LogP contribution in [0.15, 0.2) is 42.5 Å². The molecule has 184 valence electrons. The van der Waals surface area contributed by atoms with Crippen LogP contribution in [0.3, 0.4) is 0 Å². The van der Waals surface area contributed by atoms with E-state index in [0.717, 1.165) is 31.2 Å². The summed E-state index contributed by atoms with van der Waals surface area (Å²) < 4.78 is 10.8. The van der Waals surface area contributed by atoms with E-state index in [1.165, 1.54) is 12.0 Å². The van der Waals surface area contributed by atoms with E-state index >= 15 is 0 Å². The standard InChI is InChI=1S/C26H32Cl2N2O4/c1-17-8-11-20(12-9-17)29-26(32)25(18-10-13-22(33-2)23(14-18)34-3)30(24(31)15-27)16-19-6-4-5-7-21(19)28/h4-7,10,13-14,17,20,25H,8-9,11-12,15-16H2,1-3H3,(H,29,32). The summed E-state index contributed by atoms with van der Waals surface area (Å²) in [4.78, 5) is 28.3. The molecule has 0 radical (unpaired) electrons. The quantitative estimate of drug-likeness (QED) is 0.464. The first-order valence-electron chi connectivity index (χ1n) is 11.5. The van der Waals surface area contributed by atoms with Gasteiger partial charge in [-0.1, -0.05) is 42.8 Å². The molecule has 0 aromatic heterocycles. The maximum Gasteiger partial charge on any atom is 0.247 e. The lowest BCUT2D eigenvalue weighted by molar-refractivity contribution is -0.140. The highest BCUT2D eigenvalue weighted by atomic mass is 35.5. The molecule has 0 bridgehead atoms. The van der Waals surface area contributed by atoms with Gasteiger partial charge in [0.25, 0.3) is 0 Å². The van der Waals surface area contributed by atoms with Crippen molar-refractivity contribution >= 4 is 35.0 Å². The van der Waals surface area contributed by atoms with Crippen molar-refractivity contribution in [3.05, 3.63) is 58.6 Å². The number of carbonyl (C=O) groups is 2. The summed E-state index contributed by atoms with van der Waals surface area (Å²) in [6.07, 6.45) is 3.96. The molecule has 6 nitrogen and oxygen atoms in total. The van der Waals surface area contributed by atoms with Gasteiger partial charge >= 0.3 is 0 Å². The number of rotatable bonds is 9. The molecule has 1 N–H and O–H groups in total. The van der Waals surface area contributed by atoms with Crippen LogP contribution < -0.4 is 14.8 Å². The van der Waals surface area contributed by atoms with Gasteiger partial charge in [0.1, 0.15) is 11.9 Å². The zero-order valence-electron chi connectivity index (χ0n) is 19.9. The molecule has 0 heterocycles. The Morgan fingerprint density at radius 3 is 2.35 bits per heavy atom. The van der Waals surface area contributed by atoms with Crippen LogP contribution in [0, 0.1) is 5.92 Å². The maximum absolute atomic E-state index is 13.7. The number of ether oxygens (including phenoxy) is 2. The summed E-state index contributed by atoms with van der Waals surface area (Å²) in [6.45, 7) is 2.37. The van der Waals surface area contributed by atoms with Crippen LogP contribution in [0.4, 0.5) is 0 Å². The number of methoxy groups -OCH3 is 2. The molecule has 1 fully saturated rings. The lowest BCUT2D eigenvalue weighted by atomic mass is 9.87. The van der Waals surface area contributed by atoms with Gasteiger partial charge in [0, 0.05) is 17.6 Å². The van der Waals surface area contributed by atoms with Gasteiger partial charge in [0.2, 0.25) is 11.8 Å². The average Bonchev–Trinajstić information content (AvgIpc) is 2.85. The van der Waals surface area contributed by atoms with Gasteiger partial charge in [-0.2, -0.15) is 0 Å². The highest BCUT2D eigenvalue weighted by Gasteiger charge is 2.34. The minimum absolute atomic E-state index is 0.0691. The molecule has 1 unspecified atom stereocenters. The number of nitrogens with zero attached hydrogens (tertiary/aromatic N) is 1. The third kappa shape index (κ3) is 6.36. The van der Waals surface area contributed by atoms with E-state index in [4.69, 9.17) is 32.7 Å². The molecule has 0 spiro atoms. The van der Waals surface area contributed by atoms with Crippen molar-refractivity contribution in [3.63, 3.8) is 0 Å². The Bertz CT molecular complexity index is 993. The number of hydrogen-bond acceptors (Lipinski definition) is 4. The van der Waals surface area contributed by atoms with Crippen molar-refractivity contribution in [1.82, 2.24) is 10.2 Å². The van der Waals surface area contributed by atoms with Crippen LogP contribution in [-0.4, -0.2) is 42.9 Å². The predicted molar refractivity (Wildman–Crippen MR) is 135 cm³/mol. The van der Waals surface area contributed by atoms with E-state index in [-0.39, 0.29) is 30.3 Å². The molecule has 1 aliphatic carbocycles. The first-order valence-corrected chi connectivity index (χ1v) is 12.4. The van der Waals surface area contributed by atoms with E-state index in [1.54, 1.807) is 31.4 Å². The highest BCUT2D eigenvalue weighted by Crippen LogP contribution is 2.34. The second-order valence-corrected chi connectivity index (χ2v) is 9.40. The fourth-order valence-corrected chi connectivity index (χ4v) is 4.74. The number of hydrogen-bond donors (Lipinski definition) is 1. The Kier molecular flexibility index (Phi) is 9.48. The average molecular weight is 507 g/mol. The molecule has 34 heavy (non-hydrogen) atoms. The maximum atomic E-state index is 13.7. The first kappa shape index (κ1) is 26.2. The molecular formula is C26H32Cl2N2O4. The Morgan fingerprint density at radius 1 is 1.06 bits per heavy atom. The van der Waals surface area contributed by atoms with Crippen LogP contribution in [0.5, 0.6) is 11.5 Å². The highest BCUT2D eigenvalue weighted by molar-refractivity contribution is 6.31. The largest absolute Gasteiger partial charge is 0.493 e. The molecule has 1 saturated carbocycles. The molecule has 1 atom stereocenters. The van der Waals surface area contributed by atoms with Crippen LogP contribution in [-0.2, 0) is 16.1 Å². The molecule has 2 amide bonds. The number of amides is 2. The summed E-state index contributed by atoms with van der Waals surface area (Å²) in [6, 6.07) is 11.7. The van der Waals surface area contributed by atoms with Crippen molar-refractivity contribution in [3.8, 4) is 11.5 Å². The number of alkyl halides is 1. The second kappa shape index (κ2) is 12.3. The van der Waals surface area contributed by atoms with Gasteiger partial charge in [0.15, 0.2) is 11.5 Å². The molecule has 2 aromatic carbocycles. The Hall–Kier alpha value is -2.44. The van der Waals surface area contributed by atoms with Gasteiger partial charge in [0.05, 0.1) is 14.2 Å². The van der Waals surface area contributed by atoms with Crippen LogP contribution in [0.1, 0.15) is 49.8 Å². The van der Waals surface area contributed by atoms with Gasteiger partial charge in [-0.3, -0.25) is 9.59 Å². The van der Waals surface area contributed by atoms with Gasteiger partial charge in [-0.15, -0.1) is 11.6 Å². The van der Waals surface area contributed by atoms with Crippen molar-refractivity contribution in [2.24, 2.45) is 5.92 Å². The Morgan fingerprint density at radius 2 is 1.74 bits per heavy atom. The molecule has 8 heteroatoms. The van der Waals surface area contributed by atoms with Crippen LogP contribution in [0.2, 0.25) is 5.02 Å². The number of carbonyl (C=O) groups excluding carboxylic acids is 2. The smallest absolute Gasteiger partial charge is 0.247 e. The SMILES string of the molecule is COc1ccc(C(C(=O)NC2CCC(C)CC2)N(Cc2ccccc2Cl)C(=O)CCl)cc1OC. The molecule has 0 saturated heterocycles. The van der Waals surface area contributed by atoms with Crippen molar-refractivity contribution in [1.29, 1.82) is 0 Å². The Labute approximate surface area is 211 Å². The third-order valence-electron chi connectivity index (χ3n) is 6.38. The van der Waals surface area contributed by atoms with E-state index < -0.39 is 6.04 Å². The minimum atomic E-state index is -0.915. The zero-order valence-corrected chi connectivity index (χ0v) is 21.4. The zero-order chi connectivity index (χ0) is 24.7. The van der Waals surface area contributed by atoms with E-state index in [1.807, 2.05) is 18.2 Å². The molecule has 0 aliphatic heterocycles. The lowest BCUT2D eigenvalue weighted by Gasteiger charge is -2.34. The van der Waals surface area contributed by atoms with E-state index in [2.05, 4.69) is 12.2 Å². The van der Waals surface area contributed by atoms with E-state index in [0.29, 0.717) is 28.0 Å². The number of benzene rings is 2. The number of halogens is 2. The lowest BCUT2D eigenvalue weighted by Crippen LogP contribution is -2.47. The van der Waals surface area contributed by atoms with Crippen LogP contribution >= 0.6 is 23.2 Å². The fourth-order valence-electron chi connectivity index (χ4n) is 4.39. The summed E-state index contributed by atoms with van der Waals surface area (Å²) in [5.74, 6) is 0.784. The molecular weight excluding hydrogens is 475 g/mol. The third-order valence-corrected chi connectivity index (χ3v) is 6.98. The fraction of sp³-hybridized carbons (Fsp3) is 0.462. The monoisotopic (exact) mass is 506 g/mol.